The molecule has 3 N–H and O–H groups in total. The second-order valence-electron chi connectivity index (χ2n) is 6.44. The molecule has 6 heteroatoms. The highest BCUT2D eigenvalue weighted by atomic mass is 16.6. The van der Waals surface area contributed by atoms with Crippen molar-refractivity contribution in [2.75, 3.05) is 10.6 Å². The molecule has 0 radical (unpaired) electrons. The summed E-state index contributed by atoms with van der Waals surface area (Å²) in [7, 11) is 0. The summed E-state index contributed by atoms with van der Waals surface area (Å²) >= 11 is 0. The Hall–Kier alpha value is -3.64. The van der Waals surface area contributed by atoms with E-state index in [-0.39, 0.29) is 18.4 Å². The van der Waals surface area contributed by atoms with E-state index in [2.05, 4.69) is 16.1 Å². The SMILES string of the molecule is O=C(NOCc1ccccc1)c1ccc2c(c1)NC(c1ccccc1)C(=O)N2. The number of hydrogen-bond donors (Lipinski definition) is 3. The number of fused-ring (bicyclic) bond motifs is 1. The zero-order chi connectivity index (χ0) is 19.3. The van der Waals surface area contributed by atoms with Gasteiger partial charge in [-0.25, -0.2) is 5.48 Å². The van der Waals surface area contributed by atoms with Gasteiger partial charge in [0.25, 0.3) is 11.8 Å². The maximum atomic E-state index is 12.4. The third kappa shape index (κ3) is 3.87. The standard InChI is InChI=1S/C22H19N3O3/c26-21(25-28-14-15-7-3-1-4-8-15)17-11-12-18-19(13-17)23-20(22(27)24-18)16-9-5-2-6-10-16/h1-13,20,23H,14H2,(H,24,27)(H,25,26). The molecule has 1 unspecified atom stereocenters. The Balaban J connectivity index is 1.45. The van der Waals surface area contributed by atoms with Gasteiger partial charge in [0, 0.05) is 5.56 Å². The van der Waals surface area contributed by atoms with Crippen molar-refractivity contribution in [3.63, 3.8) is 0 Å². The van der Waals surface area contributed by atoms with Gasteiger partial charge in [0.05, 0.1) is 18.0 Å². The van der Waals surface area contributed by atoms with Crippen molar-refractivity contribution in [3.8, 4) is 0 Å². The molecule has 3 aromatic rings. The molecule has 28 heavy (non-hydrogen) atoms. The zero-order valence-corrected chi connectivity index (χ0v) is 15.0. The molecule has 140 valence electrons. The fourth-order valence-corrected chi connectivity index (χ4v) is 3.04. The van der Waals surface area contributed by atoms with E-state index in [4.69, 9.17) is 4.84 Å². The number of carbonyl (C=O) groups is 2. The van der Waals surface area contributed by atoms with Gasteiger partial charge in [-0.15, -0.1) is 0 Å². The molecule has 0 spiro atoms. The number of benzene rings is 3. The molecule has 1 atom stereocenters. The van der Waals surface area contributed by atoms with E-state index in [0.29, 0.717) is 16.9 Å². The van der Waals surface area contributed by atoms with E-state index >= 15 is 0 Å². The molecule has 0 bridgehead atoms. The van der Waals surface area contributed by atoms with E-state index in [1.165, 1.54) is 0 Å². The fraction of sp³-hybridized carbons (Fsp3) is 0.0909. The van der Waals surface area contributed by atoms with Gasteiger partial charge in [0.15, 0.2) is 0 Å². The second-order valence-corrected chi connectivity index (χ2v) is 6.44. The Morgan fingerprint density at radius 1 is 0.929 bits per heavy atom. The van der Waals surface area contributed by atoms with Crippen LogP contribution in [0.4, 0.5) is 11.4 Å². The molecule has 2 amide bonds. The van der Waals surface area contributed by atoms with Crippen LogP contribution in [0.5, 0.6) is 0 Å². The number of rotatable bonds is 5. The predicted octanol–water partition coefficient (Wildman–Crippen LogP) is 3.65. The lowest BCUT2D eigenvalue weighted by Crippen LogP contribution is -2.32. The van der Waals surface area contributed by atoms with Crippen molar-refractivity contribution < 1.29 is 14.4 Å². The highest BCUT2D eigenvalue weighted by molar-refractivity contribution is 6.05. The summed E-state index contributed by atoms with van der Waals surface area (Å²) in [5.74, 6) is -0.490. The average Bonchev–Trinajstić information content (AvgIpc) is 2.74. The van der Waals surface area contributed by atoms with E-state index in [1.807, 2.05) is 60.7 Å². The minimum Gasteiger partial charge on any atom is -0.368 e. The fourth-order valence-electron chi connectivity index (χ4n) is 3.04. The molecule has 0 aliphatic carbocycles. The summed E-state index contributed by atoms with van der Waals surface area (Å²) in [5.41, 5.74) is 6.02. The summed E-state index contributed by atoms with van der Waals surface area (Å²) < 4.78 is 0. The van der Waals surface area contributed by atoms with E-state index < -0.39 is 6.04 Å². The van der Waals surface area contributed by atoms with E-state index in [9.17, 15) is 9.59 Å². The summed E-state index contributed by atoms with van der Waals surface area (Å²) in [6.07, 6.45) is 0. The lowest BCUT2D eigenvalue weighted by Gasteiger charge is -2.27. The molecule has 0 aromatic heterocycles. The first kappa shape index (κ1) is 17.8. The van der Waals surface area contributed by atoms with Crippen LogP contribution in [0.3, 0.4) is 0 Å². The largest absolute Gasteiger partial charge is 0.368 e. The first-order valence-corrected chi connectivity index (χ1v) is 8.93. The lowest BCUT2D eigenvalue weighted by molar-refractivity contribution is -0.117. The van der Waals surface area contributed by atoms with Gasteiger partial charge in [-0.2, -0.15) is 0 Å². The van der Waals surface area contributed by atoms with Crippen LogP contribution in [0, 0.1) is 0 Å². The van der Waals surface area contributed by atoms with Crippen LogP contribution in [-0.4, -0.2) is 11.8 Å². The van der Waals surface area contributed by atoms with Crippen molar-refractivity contribution >= 4 is 23.2 Å². The Bertz CT molecular complexity index is 990. The van der Waals surface area contributed by atoms with Crippen molar-refractivity contribution in [2.45, 2.75) is 12.6 Å². The number of hydroxylamine groups is 1. The smallest absolute Gasteiger partial charge is 0.274 e. The predicted molar refractivity (Wildman–Crippen MR) is 107 cm³/mol. The molecule has 6 nitrogen and oxygen atoms in total. The Labute approximate surface area is 162 Å². The third-order valence-electron chi connectivity index (χ3n) is 4.48. The number of amides is 2. The van der Waals surface area contributed by atoms with Gasteiger partial charge in [-0.3, -0.25) is 14.4 Å². The van der Waals surface area contributed by atoms with Gasteiger partial charge in [0.1, 0.15) is 6.04 Å². The van der Waals surface area contributed by atoms with Gasteiger partial charge in [0.2, 0.25) is 0 Å². The number of nitrogens with one attached hydrogen (secondary N) is 3. The monoisotopic (exact) mass is 373 g/mol. The molecule has 1 aliphatic rings. The van der Waals surface area contributed by atoms with Crippen LogP contribution in [0.25, 0.3) is 0 Å². The summed E-state index contributed by atoms with van der Waals surface area (Å²) in [6, 6.07) is 23.5. The first-order valence-electron chi connectivity index (χ1n) is 8.93. The van der Waals surface area contributed by atoms with Crippen LogP contribution in [0.15, 0.2) is 78.9 Å². The number of anilines is 2. The zero-order valence-electron chi connectivity index (χ0n) is 15.0. The maximum absolute atomic E-state index is 12.4. The number of carbonyl (C=O) groups excluding carboxylic acids is 2. The molecule has 0 saturated heterocycles. The second kappa shape index (κ2) is 7.94. The lowest BCUT2D eigenvalue weighted by atomic mass is 10.0. The topological polar surface area (TPSA) is 79.5 Å². The van der Waals surface area contributed by atoms with Crippen molar-refractivity contribution in [2.24, 2.45) is 0 Å². The molecular weight excluding hydrogens is 354 g/mol. The van der Waals surface area contributed by atoms with Crippen LogP contribution < -0.4 is 16.1 Å². The minimum atomic E-state index is -0.513. The van der Waals surface area contributed by atoms with Gasteiger partial charge < -0.3 is 10.6 Å². The molecule has 0 saturated carbocycles. The van der Waals surface area contributed by atoms with Crippen LogP contribution in [0.1, 0.15) is 27.5 Å². The van der Waals surface area contributed by atoms with E-state index in [0.717, 1.165) is 11.1 Å². The molecule has 1 heterocycles. The normalized spacial score (nSPS) is 15.1. The highest BCUT2D eigenvalue weighted by Crippen LogP contribution is 2.33. The highest BCUT2D eigenvalue weighted by Gasteiger charge is 2.27. The first-order chi connectivity index (χ1) is 13.7. The summed E-state index contributed by atoms with van der Waals surface area (Å²) in [4.78, 5) is 30.1. The average molecular weight is 373 g/mol. The molecule has 0 fully saturated rings. The van der Waals surface area contributed by atoms with Crippen LogP contribution >= 0.6 is 0 Å². The Morgan fingerprint density at radius 3 is 2.39 bits per heavy atom. The summed E-state index contributed by atoms with van der Waals surface area (Å²) in [5, 5.41) is 6.08. The molecule has 1 aliphatic heterocycles. The minimum absolute atomic E-state index is 0.137. The van der Waals surface area contributed by atoms with Crippen LogP contribution in [0.2, 0.25) is 0 Å². The molecule has 3 aromatic carbocycles. The van der Waals surface area contributed by atoms with Crippen LogP contribution in [-0.2, 0) is 16.2 Å². The molecular formula is C22H19N3O3. The van der Waals surface area contributed by atoms with E-state index in [1.54, 1.807) is 18.2 Å². The van der Waals surface area contributed by atoms with Gasteiger partial charge in [-0.05, 0) is 29.3 Å². The Kier molecular flexibility index (Phi) is 5.03. The van der Waals surface area contributed by atoms with Crippen molar-refractivity contribution in [1.82, 2.24) is 5.48 Å². The molecule has 4 rings (SSSR count). The van der Waals surface area contributed by atoms with Crippen molar-refractivity contribution in [3.05, 3.63) is 95.6 Å². The van der Waals surface area contributed by atoms with Gasteiger partial charge in [-0.1, -0.05) is 60.7 Å². The van der Waals surface area contributed by atoms with Gasteiger partial charge >= 0.3 is 0 Å². The summed E-state index contributed by atoms with van der Waals surface area (Å²) in [6.45, 7) is 0.280. The maximum Gasteiger partial charge on any atom is 0.274 e. The van der Waals surface area contributed by atoms with Crippen molar-refractivity contribution in [1.29, 1.82) is 0 Å². The number of hydrogen-bond acceptors (Lipinski definition) is 4. The Morgan fingerprint density at radius 2 is 1.64 bits per heavy atom. The third-order valence-corrected chi connectivity index (χ3v) is 4.48. The quantitative estimate of drug-likeness (QED) is 0.597.